The number of carbonyl (C=O) groups excluding carboxylic acids is 3. The van der Waals surface area contributed by atoms with Crippen LogP contribution in [0.2, 0.25) is 0 Å². The Kier molecular flexibility index (Phi) is 14.6. The molecule has 5 rings (SSSR count). The number of hydrogen-bond acceptors (Lipinski definition) is 7. The monoisotopic (exact) mass is 819 g/mol. The first-order valence-corrected chi connectivity index (χ1v) is 20.5. The van der Waals surface area contributed by atoms with Crippen molar-refractivity contribution in [2.75, 3.05) is 18.8 Å². The summed E-state index contributed by atoms with van der Waals surface area (Å²) in [6.45, 7) is 14.0. The zero-order valence-electron chi connectivity index (χ0n) is 35.8. The van der Waals surface area contributed by atoms with Gasteiger partial charge in [-0.3, -0.25) is 14.6 Å². The molecule has 0 spiro atoms. The van der Waals surface area contributed by atoms with Crippen molar-refractivity contribution < 1.29 is 29.4 Å². The molecule has 0 radical (unpaired) electrons. The number of amides is 5. The number of aromatic nitrogens is 1. The molecule has 320 valence electrons. The van der Waals surface area contributed by atoms with E-state index in [1.807, 2.05) is 119 Å². The number of nitrogen functional groups attached to an aromatic ring is 1. The summed E-state index contributed by atoms with van der Waals surface area (Å²) in [5.74, 6) is -0.940. The quantitative estimate of drug-likeness (QED) is 0.0723. The Morgan fingerprint density at radius 1 is 0.783 bits per heavy atom. The van der Waals surface area contributed by atoms with Gasteiger partial charge in [0.15, 0.2) is 0 Å². The van der Waals surface area contributed by atoms with Gasteiger partial charge in [0, 0.05) is 43.1 Å². The predicted octanol–water partition coefficient (Wildman–Crippen LogP) is 6.18. The fourth-order valence-corrected chi connectivity index (χ4v) is 7.85. The molecule has 0 unspecified atom stereocenters. The molecule has 5 amide bonds. The van der Waals surface area contributed by atoms with Gasteiger partial charge in [-0.15, -0.1) is 0 Å². The van der Waals surface area contributed by atoms with Crippen molar-refractivity contribution in [2.24, 2.45) is 10.8 Å². The number of nitrogens with one attached hydrogen (secondary N) is 3. The highest BCUT2D eigenvalue weighted by Crippen LogP contribution is 2.30. The van der Waals surface area contributed by atoms with Gasteiger partial charge >= 0.3 is 12.1 Å². The number of benzene rings is 3. The van der Waals surface area contributed by atoms with Crippen LogP contribution in [0.4, 0.5) is 15.3 Å². The molecule has 4 aromatic rings. The van der Waals surface area contributed by atoms with E-state index >= 15 is 0 Å². The minimum Gasteiger partial charge on any atom is -0.465 e. The fourth-order valence-electron chi connectivity index (χ4n) is 7.85. The summed E-state index contributed by atoms with van der Waals surface area (Å²) in [6, 6.07) is 24.9. The van der Waals surface area contributed by atoms with Crippen molar-refractivity contribution in [1.82, 2.24) is 30.7 Å². The van der Waals surface area contributed by atoms with Gasteiger partial charge in [-0.2, -0.15) is 0 Å². The van der Waals surface area contributed by atoms with Crippen molar-refractivity contribution >= 4 is 29.6 Å². The summed E-state index contributed by atoms with van der Waals surface area (Å²) in [4.78, 5) is 62.1. The first kappa shape index (κ1) is 45.1. The van der Waals surface area contributed by atoms with Gasteiger partial charge < -0.3 is 41.7 Å². The largest absolute Gasteiger partial charge is 0.465 e. The lowest BCUT2D eigenvalue weighted by Gasteiger charge is -2.38. The smallest absolute Gasteiger partial charge is 0.405 e. The topological polar surface area (TPSA) is 190 Å². The van der Waals surface area contributed by atoms with Crippen LogP contribution < -0.4 is 21.7 Å². The lowest BCUT2D eigenvalue weighted by Crippen LogP contribution is -2.59. The number of nitrogens with two attached hydrogens (primary N) is 1. The molecule has 5 atom stereocenters. The van der Waals surface area contributed by atoms with E-state index in [4.69, 9.17) is 5.73 Å². The second kappa shape index (κ2) is 19.4. The van der Waals surface area contributed by atoms with Crippen molar-refractivity contribution in [3.8, 4) is 11.3 Å². The fraction of sp³-hybridized carbons (Fsp3) is 0.426. The zero-order valence-corrected chi connectivity index (χ0v) is 35.8. The van der Waals surface area contributed by atoms with Gasteiger partial charge in [0.2, 0.25) is 11.8 Å². The predicted molar refractivity (Wildman–Crippen MR) is 234 cm³/mol. The van der Waals surface area contributed by atoms with Crippen LogP contribution in [-0.4, -0.2) is 92.3 Å². The van der Waals surface area contributed by atoms with E-state index in [2.05, 4.69) is 20.9 Å². The number of nitrogens with zero attached hydrogens (tertiary/aromatic N) is 3. The van der Waals surface area contributed by atoms with Crippen molar-refractivity contribution in [3.05, 3.63) is 119 Å². The van der Waals surface area contributed by atoms with Gasteiger partial charge in [-0.05, 0) is 71.4 Å². The summed E-state index contributed by atoms with van der Waals surface area (Å²) in [6.07, 6.45) is -0.197. The van der Waals surface area contributed by atoms with Crippen molar-refractivity contribution in [1.29, 1.82) is 0 Å². The molecule has 1 aromatic heterocycles. The number of aryl methyl sites for hydroxylation is 1. The van der Waals surface area contributed by atoms with Crippen molar-refractivity contribution in [3.63, 3.8) is 0 Å². The van der Waals surface area contributed by atoms with Crippen LogP contribution in [0.25, 0.3) is 11.3 Å². The van der Waals surface area contributed by atoms with Crippen molar-refractivity contribution in [2.45, 2.75) is 105 Å². The van der Waals surface area contributed by atoms with E-state index in [1.54, 1.807) is 36.8 Å². The molecule has 7 N–H and O–H groups in total. The van der Waals surface area contributed by atoms with E-state index in [9.17, 15) is 29.4 Å². The van der Waals surface area contributed by atoms with E-state index in [0.717, 1.165) is 33.5 Å². The number of anilines is 1. The number of para-hydroxylation sites is 1. The van der Waals surface area contributed by atoms with E-state index in [1.165, 1.54) is 0 Å². The third kappa shape index (κ3) is 11.8. The highest BCUT2D eigenvalue weighted by atomic mass is 16.4. The second-order valence-corrected chi connectivity index (χ2v) is 18.0. The number of aliphatic hydroxyl groups is 1. The van der Waals surface area contributed by atoms with E-state index in [-0.39, 0.29) is 18.9 Å². The average Bonchev–Trinajstić information content (AvgIpc) is 3.53. The molecule has 60 heavy (non-hydrogen) atoms. The van der Waals surface area contributed by atoms with Crippen LogP contribution in [0.5, 0.6) is 0 Å². The second-order valence-electron chi connectivity index (χ2n) is 18.0. The van der Waals surface area contributed by atoms with Crippen LogP contribution in [0.1, 0.15) is 70.2 Å². The minimum atomic E-state index is -1.33. The Bertz CT molecular complexity index is 2080. The SMILES string of the molecule is Cc1cccc(CN2CCN([C@H](C(=O)N[C@@H](Cc3ccccc3)[C@@H](O)C[C@H](Cc3ccc(-c4ccccn4)cc3)NC(=O)[C@@H](NC(=O)O)C(C)(C)C)C(C)(C)C)C2=O)c1N. The molecule has 0 aliphatic carbocycles. The van der Waals surface area contributed by atoms with Gasteiger partial charge in [-0.25, -0.2) is 9.59 Å². The Balaban J connectivity index is 1.42. The molecule has 1 fully saturated rings. The average molecular weight is 820 g/mol. The van der Waals surface area contributed by atoms with Crippen LogP contribution >= 0.6 is 0 Å². The maximum absolute atomic E-state index is 14.6. The molecule has 2 heterocycles. The van der Waals surface area contributed by atoms with Gasteiger partial charge in [-0.1, -0.05) is 120 Å². The molecule has 1 saturated heterocycles. The molecular weight excluding hydrogens is 759 g/mol. The summed E-state index contributed by atoms with van der Waals surface area (Å²) < 4.78 is 0. The van der Waals surface area contributed by atoms with Crippen LogP contribution in [-0.2, 0) is 29.0 Å². The lowest BCUT2D eigenvalue weighted by molar-refractivity contribution is -0.131. The van der Waals surface area contributed by atoms with Crippen LogP contribution in [0, 0.1) is 17.8 Å². The Morgan fingerprint density at radius 2 is 1.45 bits per heavy atom. The zero-order chi connectivity index (χ0) is 43.8. The minimum absolute atomic E-state index is 0.0178. The normalized spacial score (nSPS) is 15.8. The highest BCUT2D eigenvalue weighted by Gasteiger charge is 2.44. The van der Waals surface area contributed by atoms with E-state index < -0.39 is 59.0 Å². The standard InChI is InChI=1S/C47H61N7O6/c1-30-14-13-17-34(39(30)48)29-53-24-25-54(45(53)60)41(47(5,6)7)43(57)51-37(27-31-15-9-8-10-16-31)38(55)28-35(50-42(56)40(46(2,3)4)52-44(58)59)26-32-19-21-33(22-20-32)36-18-11-12-23-49-36/h8-23,35,37-38,40-41,52,55H,24-29,48H2,1-7H3,(H,50,56)(H,51,57)(H,58,59)/t35-,37-,38-,40+,41+/m0/s1. The number of carboxylic acid groups (broad SMARTS) is 1. The van der Waals surface area contributed by atoms with Gasteiger partial charge in [0.25, 0.3) is 0 Å². The summed E-state index contributed by atoms with van der Waals surface area (Å²) in [5.41, 5.74) is 10.8. The summed E-state index contributed by atoms with van der Waals surface area (Å²) in [5, 5.41) is 30.4. The number of pyridine rings is 1. The van der Waals surface area contributed by atoms with E-state index in [0.29, 0.717) is 31.7 Å². The first-order chi connectivity index (χ1) is 28.3. The maximum Gasteiger partial charge on any atom is 0.405 e. The molecular formula is C47H61N7O6. The third-order valence-corrected chi connectivity index (χ3v) is 11.0. The number of rotatable bonds is 16. The Labute approximate surface area is 353 Å². The van der Waals surface area contributed by atoms with Gasteiger partial charge in [0.1, 0.15) is 12.1 Å². The summed E-state index contributed by atoms with van der Waals surface area (Å²) in [7, 11) is 0. The number of aliphatic hydroxyl groups excluding tert-OH is 1. The van der Waals surface area contributed by atoms with Crippen LogP contribution in [0.3, 0.4) is 0 Å². The van der Waals surface area contributed by atoms with Gasteiger partial charge in [0.05, 0.1) is 17.8 Å². The maximum atomic E-state index is 14.6. The molecule has 1 aliphatic heterocycles. The first-order valence-electron chi connectivity index (χ1n) is 20.5. The molecule has 1 aliphatic rings. The molecule has 13 nitrogen and oxygen atoms in total. The number of hydrogen-bond donors (Lipinski definition) is 6. The Morgan fingerprint density at radius 3 is 2.07 bits per heavy atom. The highest BCUT2D eigenvalue weighted by molar-refractivity contribution is 5.89. The number of carbonyl (C=O) groups is 4. The van der Waals surface area contributed by atoms with Crippen LogP contribution in [0.15, 0.2) is 97.2 Å². The third-order valence-electron chi connectivity index (χ3n) is 11.0. The molecule has 13 heteroatoms. The number of urea groups is 1. The lowest BCUT2D eigenvalue weighted by atomic mass is 9.84. The molecule has 0 bridgehead atoms. The molecule has 3 aromatic carbocycles. The Hall–Kier alpha value is -5.95. The summed E-state index contributed by atoms with van der Waals surface area (Å²) >= 11 is 0. The molecule has 0 saturated carbocycles.